The smallest absolute Gasteiger partial charge is 0.349 e. The number of fused-ring (bicyclic) bond motifs is 1. The first kappa shape index (κ1) is 16.7. The first-order chi connectivity index (χ1) is 12.6. The second kappa shape index (κ2) is 6.88. The summed E-state index contributed by atoms with van der Waals surface area (Å²) in [6, 6.07) is 15.0. The van der Waals surface area contributed by atoms with Gasteiger partial charge >= 0.3 is 5.97 Å². The Hall–Kier alpha value is -2.73. The molecular weight excluding hydrogens is 353 g/mol. The molecule has 1 heterocycles. The Balaban J connectivity index is 1.59. The number of carbonyl (C=O) groups excluding carboxylic acids is 2. The summed E-state index contributed by atoms with van der Waals surface area (Å²) in [6.45, 7) is 0. The molecule has 0 radical (unpaired) electrons. The Morgan fingerprint density at radius 3 is 2.62 bits per heavy atom. The van der Waals surface area contributed by atoms with Gasteiger partial charge in [0.25, 0.3) is 5.91 Å². The molecule has 1 aliphatic rings. The topological polar surface area (TPSA) is 55.4 Å². The number of thiophene rings is 1. The Morgan fingerprint density at radius 2 is 1.88 bits per heavy atom. The third kappa shape index (κ3) is 3.60. The van der Waals surface area contributed by atoms with Gasteiger partial charge in [-0.3, -0.25) is 4.79 Å². The molecular formula is C20H16FNO3S. The molecule has 1 saturated carbocycles. The van der Waals surface area contributed by atoms with Crippen LogP contribution in [0.1, 0.15) is 34.2 Å². The van der Waals surface area contributed by atoms with Crippen LogP contribution in [-0.4, -0.2) is 17.9 Å². The minimum absolute atomic E-state index is 0.166. The van der Waals surface area contributed by atoms with E-state index in [1.807, 2.05) is 6.07 Å². The van der Waals surface area contributed by atoms with E-state index in [2.05, 4.69) is 5.32 Å². The molecule has 6 heteroatoms. The van der Waals surface area contributed by atoms with Gasteiger partial charge in [-0.1, -0.05) is 30.3 Å². The SMILES string of the molecule is O=C(O[C@@H](C(=O)NC1CC1)c1ccccc1)c1cc2cc(F)ccc2s1. The standard InChI is InChI=1S/C20H16FNO3S/c21-14-6-9-16-13(10-14)11-17(26-16)20(24)25-18(12-4-2-1-3-5-12)19(23)22-15-7-8-15/h1-6,9-11,15,18H,7-8H2,(H,22,23)/t18-/m1/s1. The van der Waals surface area contributed by atoms with Gasteiger partial charge in [-0.2, -0.15) is 0 Å². The number of esters is 1. The van der Waals surface area contributed by atoms with Crippen molar-refractivity contribution in [2.45, 2.75) is 25.0 Å². The fourth-order valence-corrected chi connectivity index (χ4v) is 3.61. The molecule has 0 aliphatic heterocycles. The van der Waals surface area contributed by atoms with Crippen LogP contribution in [0.5, 0.6) is 0 Å². The average Bonchev–Trinajstić information content (AvgIpc) is 3.35. The van der Waals surface area contributed by atoms with E-state index >= 15 is 0 Å². The van der Waals surface area contributed by atoms with E-state index in [4.69, 9.17) is 4.74 Å². The van der Waals surface area contributed by atoms with Gasteiger partial charge in [0, 0.05) is 16.3 Å². The van der Waals surface area contributed by atoms with Gasteiger partial charge in [-0.05, 0) is 42.5 Å². The number of ether oxygens (including phenoxy) is 1. The molecule has 26 heavy (non-hydrogen) atoms. The Morgan fingerprint density at radius 1 is 1.12 bits per heavy atom. The van der Waals surface area contributed by atoms with Gasteiger partial charge in [0.1, 0.15) is 10.7 Å². The number of rotatable bonds is 5. The second-order valence-electron chi connectivity index (χ2n) is 6.27. The molecule has 0 unspecified atom stereocenters. The average molecular weight is 369 g/mol. The van der Waals surface area contributed by atoms with Gasteiger partial charge in [0.05, 0.1) is 0 Å². The van der Waals surface area contributed by atoms with Crippen molar-refractivity contribution in [2.75, 3.05) is 0 Å². The number of halogens is 1. The molecule has 0 saturated heterocycles. The van der Waals surface area contributed by atoms with Crippen LogP contribution >= 0.6 is 11.3 Å². The molecule has 132 valence electrons. The van der Waals surface area contributed by atoms with Crippen LogP contribution in [0.25, 0.3) is 10.1 Å². The van der Waals surface area contributed by atoms with Gasteiger partial charge in [0.15, 0.2) is 0 Å². The summed E-state index contributed by atoms with van der Waals surface area (Å²) in [5.74, 6) is -1.27. The zero-order valence-corrected chi connectivity index (χ0v) is 14.6. The number of nitrogens with one attached hydrogen (secondary N) is 1. The lowest BCUT2D eigenvalue weighted by Gasteiger charge is -2.17. The van der Waals surface area contributed by atoms with Crippen molar-refractivity contribution in [3.05, 3.63) is 70.9 Å². The molecule has 2 aromatic carbocycles. The van der Waals surface area contributed by atoms with Crippen LogP contribution in [-0.2, 0) is 9.53 Å². The lowest BCUT2D eigenvalue weighted by molar-refractivity contribution is -0.130. The fraction of sp³-hybridized carbons (Fsp3) is 0.200. The van der Waals surface area contributed by atoms with Crippen LogP contribution in [0.3, 0.4) is 0 Å². The predicted octanol–water partition coefficient (Wildman–Crippen LogP) is 4.22. The van der Waals surface area contributed by atoms with E-state index in [9.17, 15) is 14.0 Å². The summed E-state index contributed by atoms with van der Waals surface area (Å²) < 4.78 is 19.7. The van der Waals surface area contributed by atoms with Crippen LogP contribution in [0.15, 0.2) is 54.6 Å². The van der Waals surface area contributed by atoms with Gasteiger partial charge < -0.3 is 10.1 Å². The zero-order chi connectivity index (χ0) is 18.1. The third-order valence-electron chi connectivity index (χ3n) is 4.17. The highest BCUT2D eigenvalue weighted by Gasteiger charge is 2.31. The van der Waals surface area contributed by atoms with Crippen LogP contribution in [0.4, 0.5) is 4.39 Å². The number of benzene rings is 2. The van der Waals surface area contributed by atoms with E-state index in [1.165, 1.54) is 23.5 Å². The van der Waals surface area contributed by atoms with Gasteiger partial charge in [0.2, 0.25) is 6.10 Å². The Labute approximate surface area is 153 Å². The lowest BCUT2D eigenvalue weighted by Crippen LogP contribution is -2.33. The largest absolute Gasteiger partial charge is 0.443 e. The molecule has 4 nitrogen and oxygen atoms in total. The van der Waals surface area contributed by atoms with Gasteiger partial charge in [-0.15, -0.1) is 11.3 Å². The first-order valence-electron chi connectivity index (χ1n) is 8.35. The molecule has 0 bridgehead atoms. The summed E-state index contributed by atoms with van der Waals surface area (Å²) >= 11 is 1.22. The maximum absolute atomic E-state index is 13.3. The minimum Gasteiger partial charge on any atom is -0.443 e. The van der Waals surface area contributed by atoms with Gasteiger partial charge in [-0.25, -0.2) is 9.18 Å². The first-order valence-corrected chi connectivity index (χ1v) is 9.17. The molecule has 1 fully saturated rings. The van der Waals surface area contributed by atoms with Crippen LogP contribution in [0.2, 0.25) is 0 Å². The normalized spacial score (nSPS) is 14.8. The highest BCUT2D eigenvalue weighted by atomic mass is 32.1. The maximum atomic E-state index is 13.3. The summed E-state index contributed by atoms with van der Waals surface area (Å²) in [4.78, 5) is 25.5. The van der Waals surface area contributed by atoms with Crippen molar-refractivity contribution < 1.29 is 18.7 Å². The fourth-order valence-electron chi connectivity index (χ4n) is 2.69. The van der Waals surface area contributed by atoms with E-state index < -0.39 is 12.1 Å². The molecule has 1 N–H and O–H groups in total. The van der Waals surface area contributed by atoms with Crippen molar-refractivity contribution >= 4 is 33.3 Å². The molecule has 1 atom stereocenters. The Kier molecular flexibility index (Phi) is 4.42. The molecule has 1 amide bonds. The van der Waals surface area contributed by atoms with E-state index in [0.717, 1.165) is 17.5 Å². The van der Waals surface area contributed by atoms with Crippen LogP contribution in [0, 0.1) is 5.82 Å². The molecule has 3 aromatic rings. The summed E-state index contributed by atoms with van der Waals surface area (Å²) in [5, 5.41) is 3.52. The summed E-state index contributed by atoms with van der Waals surface area (Å²) in [5.41, 5.74) is 0.617. The quantitative estimate of drug-likeness (QED) is 0.685. The Bertz CT molecular complexity index is 966. The number of hydrogen-bond acceptors (Lipinski definition) is 4. The summed E-state index contributed by atoms with van der Waals surface area (Å²) in [6.07, 6.45) is 0.887. The molecule has 1 aliphatic carbocycles. The highest BCUT2D eigenvalue weighted by Crippen LogP contribution is 2.29. The second-order valence-corrected chi connectivity index (χ2v) is 7.36. The number of carbonyl (C=O) groups is 2. The van der Waals surface area contributed by atoms with Crippen molar-refractivity contribution in [2.24, 2.45) is 0 Å². The number of hydrogen-bond donors (Lipinski definition) is 1. The predicted molar refractivity (Wildman–Crippen MR) is 97.5 cm³/mol. The van der Waals surface area contributed by atoms with E-state index in [-0.39, 0.29) is 17.8 Å². The molecule has 0 spiro atoms. The van der Waals surface area contributed by atoms with Crippen molar-refractivity contribution in [1.82, 2.24) is 5.32 Å². The van der Waals surface area contributed by atoms with E-state index in [0.29, 0.717) is 15.8 Å². The lowest BCUT2D eigenvalue weighted by atomic mass is 10.1. The number of amides is 1. The van der Waals surface area contributed by atoms with Crippen molar-refractivity contribution in [3.63, 3.8) is 0 Å². The molecule has 1 aromatic heterocycles. The summed E-state index contributed by atoms with van der Waals surface area (Å²) in [7, 11) is 0. The minimum atomic E-state index is -1.01. The van der Waals surface area contributed by atoms with Crippen LogP contribution < -0.4 is 5.32 Å². The third-order valence-corrected chi connectivity index (χ3v) is 5.26. The monoisotopic (exact) mass is 369 g/mol. The highest BCUT2D eigenvalue weighted by molar-refractivity contribution is 7.20. The maximum Gasteiger partial charge on any atom is 0.349 e. The van der Waals surface area contributed by atoms with E-state index in [1.54, 1.807) is 36.4 Å². The molecule has 4 rings (SSSR count). The van der Waals surface area contributed by atoms with Crippen molar-refractivity contribution in [1.29, 1.82) is 0 Å². The zero-order valence-electron chi connectivity index (χ0n) is 13.8. The van der Waals surface area contributed by atoms with Crippen molar-refractivity contribution in [3.8, 4) is 0 Å².